The van der Waals surface area contributed by atoms with E-state index in [4.69, 9.17) is 16.6 Å². The van der Waals surface area contributed by atoms with Gasteiger partial charge in [-0.15, -0.1) is 6.42 Å². The van der Waals surface area contributed by atoms with Gasteiger partial charge < -0.3 is 10.2 Å². The molecule has 2 nitrogen and oxygen atoms in total. The molecule has 1 unspecified atom stereocenters. The van der Waals surface area contributed by atoms with Crippen LogP contribution in [0.25, 0.3) is 0 Å². The van der Waals surface area contributed by atoms with Gasteiger partial charge in [0.15, 0.2) is 0 Å². The van der Waals surface area contributed by atoms with Gasteiger partial charge in [-0.1, -0.05) is 17.8 Å². The van der Waals surface area contributed by atoms with Gasteiger partial charge in [0.05, 0.1) is 0 Å². The second-order valence-corrected chi connectivity index (χ2v) is 2.11. The third kappa shape index (κ3) is 3.97. The normalized spacial score (nSPS) is 14.2. The molecule has 54 valence electrons. The molecule has 0 radical (unpaired) electrons. The molecule has 2 N–H and O–H groups in total. The van der Waals surface area contributed by atoms with Crippen molar-refractivity contribution in [3.8, 4) is 24.2 Å². The van der Waals surface area contributed by atoms with E-state index in [9.17, 15) is 0 Å². The lowest BCUT2D eigenvalue weighted by Gasteiger charge is -2.10. The van der Waals surface area contributed by atoms with Crippen LogP contribution in [0.3, 0.4) is 0 Å². The van der Waals surface area contributed by atoms with Crippen LogP contribution in [0.4, 0.5) is 0 Å². The first-order valence-corrected chi connectivity index (χ1v) is 2.89. The molecule has 1 atom stereocenters. The van der Waals surface area contributed by atoms with Crippen molar-refractivity contribution in [1.82, 2.24) is 0 Å². The Morgan fingerprint density at radius 1 is 1.50 bits per heavy atom. The lowest BCUT2D eigenvalue weighted by Crippen LogP contribution is -2.19. The molecule has 0 aromatic rings. The smallest absolute Gasteiger partial charge is 0.133 e. The van der Waals surface area contributed by atoms with Crippen molar-refractivity contribution in [1.29, 1.82) is 0 Å². The third-order valence-corrected chi connectivity index (χ3v) is 0.948. The van der Waals surface area contributed by atoms with Crippen molar-refractivity contribution in [3.05, 3.63) is 0 Å². The summed E-state index contributed by atoms with van der Waals surface area (Å²) in [5.41, 5.74) is -1.16. The number of rotatable bonds is 1. The Bertz CT molecular complexity index is 188. The topological polar surface area (TPSA) is 40.5 Å². The van der Waals surface area contributed by atoms with Gasteiger partial charge in [0.1, 0.15) is 12.2 Å². The Morgan fingerprint density at radius 3 is 2.50 bits per heavy atom. The Kier molecular flexibility index (Phi) is 3.57. The van der Waals surface area contributed by atoms with Gasteiger partial charge in [-0.2, -0.15) is 0 Å². The minimum absolute atomic E-state index is 0.194. The fraction of sp³-hybridized carbons (Fsp3) is 0.500. The lowest BCUT2D eigenvalue weighted by atomic mass is 10.1. The molecule has 0 aromatic carbocycles. The van der Waals surface area contributed by atoms with Crippen molar-refractivity contribution in [2.45, 2.75) is 18.9 Å². The summed E-state index contributed by atoms with van der Waals surface area (Å²) < 4.78 is 0. The van der Waals surface area contributed by atoms with Crippen LogP contribution in [-0.2, 0) is 0 Å². The first kappa shape index (κ1) is 9.04. The van der Waals surface area contributed by atoms with E-state index >= 15 is 0 Å². The van der Waals surface area contributed by atoms with Gasteiger partial charge in [-0.25, -0.2) is 0 Å². The molecule has 0 fully saturated rings. The van der Waals surface area contributed by atoms with Crippen LogP contribution in [0.15, 0.2) is 0 Å². The first-order chi connectivity index (χ1) is 4.62. The number of terminal acetylenes is 1. The Labute approximate surface area is 60.9 Å². The zero-order valence-corrected chi connectivity index (χ0v) is 5.89. The zero-order valence-electron chi connectivity index (χ0n) is 5.89. The number of aliphatic hydroxyl groups excluding tert-OH is 1. The molecule has 0 rings (SSSR count). The molecule has 10 heavy (non-hydrogen) atoms. The molecule has 0 aliphatic carbocycles. The maximum Gasteiger partial charge on any atom is 0.133 e. The highest BCUT2D eigenvalue weighted by Crippen LogP contribution is 2.04. The van der Waals surface area contributed by atoms with Gasteiger partial charge >= 0.3 is 0 Å². The molecule has 0 spiro atoms. The average Bonchev–Trinajstić information content (AvgIpc) is 1.89. The van der Waals surface area contributed by atoms with E-state index < -0.39 is 5.60 Å². The quantitative estimate of drug-likeness (QED) is 0.491. The van der Waals surface area contributed by atoms with Crippen LogP contribution < -0.4 is 0 Å². The fourth-order valence-corrected chi connectivity index (χ4v) is 0.342. The summed E-state index contributed by atoms with van der Waals surface area (Å²) in [6, 6.07) is 0. The molecule has 0 heterocycles. The largest absolute Gasteiger partial charge is 0.384 e. The standard InChI is InChI=1S/C8H10O2/c1-3-8(2,10)6-4-5-7-9/h1,9-10H,6-7H2,2H3. The van der Waals surface area contributed by atoms with Crippen LogP contribution in [0.1, 0.15) is 13.3 Å². The molecule has 0 saturated heterocycles. The van der Waals surface area contributed by atoms with Crippen molar-refractivity contribution < 1.29 is 10.2 Å². The van der Waals surface area contributed by atoms with Gasteiger partial charge in [0, 0.05) is 6.42 Å². The Balaban J connectivity index is 3.81. The number of hydrogen-bond acceptors (Lipinski definition) is 2. The molecule has 0 aromatic heterocycles. The van der Waals surface area contributed by atoms with E-state index in [0.717, 1.165) is 0 Å². The second-order valence-electron chi connectivity index (χ2n) is 2.11. The summed E-state index contributed by atoms with van der Waals surface area (Å²) in [4.78, 5) is 0. The summed E-state index contributed by atoms with van der Waals surface area (Å²) in [5, 5.41) is 17.4. The maximum atomic E-state index is 9.13. The van der Waals surface area contributed by atoms with Gasteiger partial charge in [-0.05, 0) is 6.92 Å². The Morgan fingerprint density at radius 2 is 2.10 bits per heavy atom. The summed E-state index contributed by atoms with van der Waals surface area (Å²) >= 11 is 0. The van der Waals surface area contributed by atoms with Crippen molar-refractivity contribution in [2.75, 3.05) is 6.61 Å². The van der Waals surface area contributed by atoms with Crippen LogP contribution >= 0.6 is 0 Å². The first-order valence-electron chi connectivity index (χ1n) is 2.89. The lowest BCUT2D eigenvalue weighted by molar-refractivity contribution is 0.128. The van der Waals surface area contributed by atoms with Gasteiger partial charge in [-0.3, -0.25) is 0 Å². The highest BCUT2D eigenvalue weighted by molar-refractivity contribution is 5.13. The van der Waals surface area contributed by atoms with Crippen LogP contribution in [0.5, 0.6) is 0 Å². The maximum absolute atomic E-state index is 9.13. The fourth-order valence-electron chi connectivity index (χ4n) is 0.342. The van der Waals surface area contributed by atoms with Crippen LogP contribution in [0, 0.1) is 24.2 Å². The summed E-state index contributed by atoms with van der Waals surface area (Å²) in [6.45, 7) is 1.31. The van der Waals surface area contributed by atoms with E-state index in [1.807, 2.05) is 0 Å². The molecule has 0 amide bonds. The Hall–Kier alpha value is -0.960. The minimum atomic E-state index is -1.16. The number of hydrogen-bond donors (Lipinski definition) is 2. The van der Waals surface area contributed by atoms with E-state index in [-0.39, 0.29) is 13.0 Å². The van der Waals surface area contributed by atoms with E-state index in [1.54, 1.807) is 0 Å². The van der Waals surface area contributed by atoms with E-state index in [1.165, 1.54) is 6.92 Å². The van der Waals surface area contributed by atoms with Crippen molar-refractivity contribution in [2.24, 2.45) is 0 Å². The number of aliphatic hydroxyl groups is 2. The van der Waals surface area contributed by atoms with Crippen molar-refractivity contribution >= 4 is 0 Å². The molecule has 0 bridgehead atoms. The minimum Gasteiger partial charge on any atom is -0.384 e. The predicted octanol–water partition coefficient (Wildman–Crippen LogP) is -0.244. The zero-order chi connectivity index (χ0) is 8.04. The predicted molar refractivity (Wildman–Crippen MR) is 38.9 cm³/mol. The van der Waals surface area contributed by atoms with E-state index in [0.29, 0.717) is 0 Å². The second kappa shape index (κ2) is 3.95. The van der Waals surface area contributed by atoms with Gasteiger partial charge in [0.2, 0.25) is 0 Å². The molecular weight excluding hydrogens is 128 g/mol. The van der Waals surface area contributed by atoms with Crippen LogP contribution in [-0.4, -0.2) is 22.4 Å². The molecule has 0 aliphatic rings. The third-order valence-electron chi connectivity index (χ3n) is 0.948. The molecular formula is C8H10O2. The molecule has 2 heteroatoms. The average molecular weight is 138 g/mol. The highest BCUT2D eigenvalue weighted by atomic mass is 16.3. The SMILES string of the molecule is C#CC(C)(O)CC#CCO. The molecule has 0 saturated carbocycles. The summed E-state index contributed by atoms with van der Waals surface area (Å²) in [5.74, 6) is 7.09. The monoisotopic (exact) mass is 138 g/mol. The summed E-state index contributed by atoms with van der Waals surface area (Å²) in [7, 11) is 0. The van der Waals surface area contributed by atoms with Crippen LogP contribution in [0.2, 0.25) is 0 Å². The van der Waals surface area contributed by atoms with Gasteiger partial charge in [0.25, 0.3) is 0 Å². The summed E-state index contributed by atoms with van der Waals surface area (Å²) in [6.07, 6.45) is 5.16. The molecule has 0 aliphatic heterocycles. The van der Waals surface area contributed by atoms with E-state index in [2.05, 4.69) is 17.8 Å². The highest BCUT2D eigenvalue weighted by Gasteiger charge is 2.13. The van der Waals surface area contributed by atoms with Crippen molar-refractivity contribution in [3.63, 3.8) is 0 Å².